The number of aryl methyl sites for hydroxylation is 3. The maximum atomic E-state index is 6.15. The zero-order valence-electron chi connectivity index (χ0n) is 14.0. The van der Waals surface area contributed by atoms with E-state index in [2.05, 4.69) is 44.7 Å². The Morgan fingerprint density at radius 2 is 1.95 bits per heavy atom. The van der Waals surface area contributed by atoms with Crippen molar-refractivity contribution in [3.63, 3.8) is 0 Å². The van der Waals surface area contributed by atoms with E-state index < -0.39 is 0 Å². The summed E-state index contributed by atoms with van der Waals surface area (Å²) in [5.41, 5.74) is 11.6. The first kappa shape index (κ1) is 16.5. The molecule has 1 aromatic carbocycles. The van der Waals surface area contributed by atoms with Crippen LogP contribution in [0.2, 0.25) is 0 Å². The number of likely N-dealkylation sites (N-methyl/N-ethyl adjacent to an activating group) is 1. The van der Waals surface area contributed by atoms with Crippen molar-refractivity contribution in [1.29, 1.82) is 0 Å². The van der Waals surface area contributed by atoms with Crippen LogP contribution in [-0.2, 0) is 4.74 Å². The van der Waals surface area contributed by atoms with Gasteiger partial charge in [0.1, 0.15) is 0 Å². The molecule has 1 heterocycles. The fraction of sp³-hybridized carbons (Fsp3) is 0.667. The first-order chi connectivity index (χ1) is 10.1. The van der Waals surface area contributed by atoms with Crippen LogP contribution in [0.4, 0.5) is 0 Å². The predicted molar refractivity (Wildman–Crippen MR) is 88.7 cm³/mol. The lowest BCUT2D eigenvalue weighted by molar-refractivity contribution is 0.0599. The average molecular weight is 290 g/mol. The van der Waals surface area contributed by atoms with Gasteiger partial charge < -0.3 is 10.5 Å². The Bertz CT molecular complexity index is 443. The molecular weight excluding hydrogens is 260 g/mol. The van der Waals surface area contributed by atoms with Crippen LogP contribution < -0.4 is 5.73 Å². The monoisotopic (exact) mass is 290 g/mol. The van der Waals surface area contributed by atoms with E-state index in [0.717, 1.165) is 19.7 Å². The molecule has 3 heteroatoms. The third-order valence-corrected chi connectivity index (χ3v) is 4.60. The zero-order chi connectivity index (χ0) is 15.4. The van der Waals surface area contributed by atoms with Gasteiger partial charge in [0, 0.05) is 25.7 Å². The van der Waals surface area contributed by atoms with Gasteiger partial charge in [0.05, 0.1) is 6.10 Å². The number of hydrogen-bond acceptors (Lipinski definition) is 3. The first-order valence-electron chi connectivity index (χ1n) is 8.20. The molecule has 3 nitrogen and oxygen atoms in total. The molecule has 1 saturated heterocycles. The van der Waals surface area contributed by atoms with Crippen LogP contribution in [0.3, 0.4) is 0 Å². The lowest BCUT2D eigenvalue weighted by atomic mass is 9.92. The van der Waals surface area contributed by atoms with Gasteiger partial charge in [0.2, 0.25) is 0 Å². The van der Waals surface area contributed by atoms with Crippen molar-refractivity contribution in [1.82, 2.24) is 4.90 Å². The molecular formula is C18H30N2O. The quantitative estimate of drug-likeness (QED) is 0.875. The number of nitrogens with two attached hydrogens (primary N) is 1. The topological polar surface area (TPSA) is 38.5 Å². The molecule has 2 rings (SSSR count). The van der Waals surface area contributed by atoms with Crippen LogP contribution in [0.15, 0.2) is 12.1 Å². The highest BCUT2D eigenvalue weighted by Gasteiger charge is 2.25. The highest BCUT2D eigenvalue weighted by atomic mass is 16.5. The van der Waals surface area contributed by atoms with Gasteiger partial charge in [0.15, 0.2) is 0 Å². The Labute approximate surface area is 129 Å². The third-order valence-electron chi connectivity index (χ3n) is 4.60. The molecule has 2 N–H and O–H groups in total. The van der Waals surface area contributed by atoms with E-state index in [1.807, 2.05) is 0 Å². The fourth-order valence-corrected chi connectivity index (χ4v) is 3.69. The molecule has 1 aliphatic rings. The van der Waals surface area contributed by atoms with Crippen molar-refractivity contribution in [2.45, 2.75) is 52.7 Å². The number of ether oxygens (including phenoxy) is 1. The molecule has 21 heavy (non-hydrogen) atoms. The second-order valence-corrected chi connectivity index (χ2v) is 6.29. The first-order valence-corrected chi connectivity index (χ1v) is 8.20. The highest BCUT2D eigenvalue weighted by molar-refractivity contribution is 5.40. The molecule has 1 aliphatic heterocycles. The molecule has 0 saturated carbocycles. The van der Waals surface area contributed by atoms with Gasteiger partial charge in [0.25, 0.3) is 0 Å². The Morgan fingerprint density at radius 1 is 1.29 bits per heavy atom. The van der Waals surface area contributed by atoms with Crippen LogP contribution in [0.1, 0.15) is 48.1 Å². The van der Waals surface area contributed by atoms with Crippen LogP contribution >= 0.6 is 0 Å². The number of hydrogen-bond donors (Lipinski definition) is 1. The van der Waals surface area contributed by atoms with Crippen molar-refractivity contribution >= 4 is 0 Å². The zero-order valence-corrected chi connectivity index (χ0v) is 14.0. The summed E-state index contributed by atoms with van der Waals surface area (Å²) in [5.74, 6) is 0. The Hall–Kier alpha value is -0.900. The summed E-state index contributed by atoms with van der Waals surface area (Å²) in [6.07, 6.45) is 2.75. The number of rotatable bonds is 6. The maximum absolute atomic E-state index is 6.15. The number of benzene rings is 1. The molecule has 0 radical (unpaired) electrons. The molecule has 2 unspecified atom stereocenters. The standard InChI is InChI=1S/C18H30N2O/c1-5-20(12-16-7-6-8-21-16)17(11-19)18-14(3)9-13(2)10-15(18)4/h9-10,16-17H,5-8,11-12,19H2,1-4H3. The highest BCUT2D eigenvalue weighted by Crippen LogP contribution is 2.28. The fourth-order valence-electron chi connectivity index (χ4n) is 3.69. The largest absolute Gasteiger partial charge is 0.377 e. The normalized spacial score (nSPS) is 20.2. The molecule has 0 aromatic heterocycles. The molecule has 0 aliphatic carbocycles. The number of nitrogens with zero attached hydrogens (tertiary/aromatic N) is 1. The Balaban J connectivity index is 2.24. The van der Waals surface area contributed by atoms with E-state index >= 15 is 0 Å². The van der Waals surface area contributed by atoms with Crippen LogP contribution in [0.5, 0.6) is 0 Å². The van der Waals surface area contributed by atoms with Crippen LogP contribution in [0.25, 0.3) is 0 Å². The Morgan fingerprint density at radius 3 is 2.43 bits per heavy atom. The van der Waals surface area contributed by atoms with E-state index in [4.69, 9.17) is 10.5 Å². The molecule has 0 spiro atoms. The van der Waals surface area contributed by atoms with Crippen molar-refractivity contribution in [3.05, 3.63) is 34.4 Å². The lowest BCUT2D eigenvalue weighted by Gasteiger charge is -2.34. The van der Waals surface area contributed by atoms with E-state index in [-0.39, 0.29) is 0 Å². The van der Waals surface area contributed by atoms with E-state index in [0.29, 0.717) is 18.7 Å². The molecule has 2 atom stereocenters. The van der Waals surface area contributed by atoms with Gasteiger partial charge in [-0.15, -0.1) is 0 Å². The minimum atomic E-state index is 0.291. The molecule has 1 fully saturated rings. The summed E-state index contributed by atoms with van der Waals surface area (Å²) in [6, 6.07) is 4.83. The van der Waals surface area contributed by atoms with Gasteiger partial charge in [-0.25, -0.2) is 0 Å². The van der Waals surface area contributed by atoms with E-state index in [9.17, 15) is 0 Å². The summed E-state index contributed by atoms with van der Waals surface area (Å²) in [7, 11) is 0. The second-order valence-electron chi connectivity index (χ2n) is 6.29. The van der Waals surface area contributed by atoms with E-state index in [1.165, 1.54) is 35.1 Å². The minimum Gasteiger partial charge on any atom is -0.377 e. The second kappa shape index (κ2) is 7.39. The molecule has 1 aromatic rings. The smallest absolute Gasteiger partial charge is 0.0703 e. The van der Waals surface area contributed by atoms with E-state index in [1.54, 1.807) is 0 Å². The summed E-state index contributed by atoms with van der Waals surface area (Å²) in [5, 5.41) is 0. The van der Waals surface area contributed by atoms with Gasteiger partial charge >= 0.3 is 0 Å². The molecule has 118 valence electrons. The lowest BCUT2D eigenvalue weighted by Crippen LogP contribution is -2.39. The SMILES string of the molecule is CCN(CC1CCCO1)C(CN)c1c(C)cc(C)cc1C. The van der Waals surface area contributed by atoms with Crippen LogP contribution in [-0.4, -0.2) is 37.2 Å². The summed E-state index contributed by atoms with van der Waals surface area (Å²) < 4.78 is 5.81. The van der Waals surface area contributed by atoms with Gasteiger partial charge in [-0.3, -0.25) is 4.90 Å². The third kappa shape index (κ3) is 3.85. The van der Waals surface area contributed by atoms with Crippen molar-refractivity contribution in [2.24, 2.45) is 5.73 Å². The van der Waals surface area contributed by atoms with Gasteiger partial charge in [-0.05, 0) is 56.8 Å². The van der Waals surface area contributed by atoms with Crippen molar-refractivity contribution in [3.8, 4) is 0 Å². The minimum absolute atomic E-state index is 0.291. The summed E-state index contributed by atoms with van der Waals surface area (Å²) in [6.45, 7) is 12.4. The van der Waals surface area contributed by atoms with Crippen molar-refractivity contribution < 1.29 is 4.74 Å². The average Bonchev–Trinajstić information content (AvgIpc) is 2.93. The maximum Gasteiger partial charge on any atom is 0.0703 e. The Kier molecular flexibility index (Phi) is 5.80. The summed E-state index contributed by atoms with van der Waals surface area (Å²) in [4.78, 5) is 2.49. The molecule has 0 amide bonds. The van der Waals surface area contributed by atoms with Gasteiger partial charge in [-0.2, -0.15) is 0 Å². The van der Waals surface area contributed by atoms with Crippen LogP contribution in [0, 0.1) is 20.8 Å². The predicted octanol–water partition coefficient (Wildman–Crippen LogP) is 3.11. The summed E-state index contributed by atoms with van der Waals surface area (Å²) >= 11 is 0. The molecule has 0 bridgehead atoms. The van der Waals surface area contributed by atoms with Gasteiger partial charge in [-0.1, -0.05) is 24.6 Å². The van der Waals surface area contributed by atoms with Crippen molar-refractivity contribution in [2.75, 3.05) is 26.2 Å².